The largest absolute Gasteiger partial charge is 0.507 e. The zero-order valence-corrected chi connectivity index (χ0v) is 63.0. The average Bonchev–Trinajstić information content (AvgIpc) is 0.756. The molecule has 0 aromatic heterocycles. The number of hydrogen-bond acceptors (Lipinski definition) is 23. The third-order valence-electron chi connectivity index (χ3n) is 22.6. The van der Waals surface area contributed by atoms with Crippen molar-refractivity contribution in [3.05, 3.63) is 117 Å². The second-order valence-electron chi connectivity index (χ2n) is 31.0. The van der Waals surface area contributed by atoms with E-state index in [0.717, 1.165) is 101 Å². The maximum Gasteiger partial charge on any atom is 0.412 e. The highest BCUT2D eigenvalue weighted by Crippen LogP contribution is 2.58. The molecule has 10 aliphatic rings. The number of primary amides is 1. The lowest BCUT2D eigenvalue weighted by Crippen LogP contribution is -2.60. The van der Waals surface area contributed by atoms with Gasteiger partial charge >= 0.3 is 6.09 Å². The summed E-state index contributed by atoms with van der Waals surface area (Å²) < 4.78 is 31.2. The van der Waals surface area contributed by atoms with E-state index in [9.17, 15) is 60.0 Å². The molecular formula is C80H95Cl2N7O22. The number of nitrogens with two attached hydrogens (primary N) is 2. The first-order chi connectivity index (χ1) is 52.9. The SMILES string of the molecule is CCCCCCCCNC(=O)Oc1cc(O)c2c(c1)[C@@H](C(=O)CC1C3CC4CC(C3)CC1C4)NC(=O)[C@H]1NC(=O)[C@H](CC(=O)[C@@H]3NC(=O)[C@H](CC(N)=O)CC(=O)[C@H](NC(=O)[C@H](N)CC(C)C)[C@H](O)c4ccc(c(Cl)c4)Oc4cc3cc(c4OC3OC(CO)C(O)C(O)C3O)Oc3ccc(cc3Cl)[C@H]1O)c1ccc(O)c-2c1. The van der Waals surface area contributed by atoms with Gasteiger partial charge < -0.3 is 103 Å². The van der Waals surface area contributed by atoms with Gasteiger partial charge in [-0.05, 0) is 163 Å². The molecular weight excluding hydrogens is 1480 g/mol. The molecule has 6 amide bonds. The Morgan fingerprint density at radius 2 is 1.29 bits per heavy atom. The molecule has 596 valence electrons. The van der Waals surface area contributed by atoms with Gasteiger partial charge in [-0.15, -0.1) is 0 Å². The van der Waals surface area contributed by atoms with Crippen LogP contribution < -0.4 is 57.0 Å². The molecule has 14 atom stereocenters. The van der Waals surface area contributed by atoms with Gasteiger partial charge in [0.15, 0.2) is 28.8 Å². The molecule has 111 heavy (non-hydrogen) atoms. The van der Waals surface area contributed by atoms with Crippen LogP contribution in [-0.2, 0) is 43.1 Å². The standard InChI is InChI=1S/C80H95Cl2N7O22/c1-4-5-6-7-8-9-16-85-80(106)107-45-30-49-64(54(92)31-45)48-23-38(10-13-53(48)91)47-33-56(94)65-43-27-60(108-58-14-11-39(24-50(58)81)69(97)67(88-77(104)52(83)17-35(2)3)55(93)26-44(29-63(84)96)75(102)86-65)74(111-79-73(101)72(100)71(99)62(34-90)110-79)61(28-43)109-59-15-12-40(25-51(59)82)70(98)68(89-76(47)103)78(105)87-66(49)57(95)32-46-41-19-36-18-37(21-41)22-42(46)20-36/h10-15,23-25,27-28,30-31,35-37,41-42,44,46-47,52,62,65-73,79,90-92,97-101H,4-9,16-22,26,29,32-34,83H2,1-3H3,(H2,84,96)(H,85,106)(H,86,102)(H,87,105)(H,88,104)(H,89,103)/t36?,37?,41?,42?,44-,46?,47+,52+,62?,65+,66-,67-,68-,69+,70+,71?,72?,73?,79?/m0/s1. The van der Waals surface area contributed by atoms with Gasteiger partial charge in [0, 0.05) is 49.4 Å². The van der Waals surface area contributed by atoms with E-state index in [1.165, 1.54) is 42.5 Å². The van der Waals surface area contributed by atoms with E-state index < -0.39 is 193 Å². The summed E-state index contributed by atoms with van der Waals surface area (Å²) in [7, 11) is 0. The van der Waals surface area contributed by atoms with Gasteiger partial charge in [0.05, 0.1) is 34.5 Å². The van der Waals surface area contributed by atoms with Crippen LogP contribution in [0, 0.1) is 41.4 Å². The molecule has 29 nitrogen and oxygen atoms in total. The number of fused-ring (bicyclic) bond motifs is 15. The number of hydrogen-bond donors (Lipinski definition) is 15. The molecule has 6 aliphatic heterocycles. The lowest BCUT2D eigenvalue weighted by atomic mass is 9.51. The number of phenols is 2. The van der Waals surface area contributed by atoms with E-state index >= 15 is 24.0 Å². The molecule has 0 spiro atoms. The van der Waals surface area contributed by atoms with E-state index in [2.05, 4.69) is 33.5 Å². The van der Waals surface area contributed by atoms with Gasteiger partial charge in [0.25, 0.3) is 0 Å². The Morgan fingerprint density at radius 3 is 1.91 bits per heavy atom. The van der Waals surface area contributed by atoms with Crippen LogP contribution in [0.2, 0.25) is 10.0 Å². The fourth-order valence-corrected chi connectivity index (χ4v) is 17.6. The number of rotatable bonds is 20. The Kier molecular flexibility index (Phi) is 25.6. The Labute approximate surface area is 649 Å². The van der Waals surface area contributed by atoms with Crippen molar-refractivity contribution in [2.45, 2.75) is 203 Å². The summed E-state index contributed by atoms with van der Waals surface area (Å²) in [6.45, 7) is 4.98. The number of amides is 6. The molecule has 0 radical (unpaired) electrons. The quantitative estimate of drug-likeness (QED) is 0.0340. The average molecular weight is 1580 g/mol. The number of carbonyl (C=O) groups is 9. The lowest BCUT2D eigenvalue weighted by Gasteiger charge is -2.54. The maximum absolute atomic E-state index is 16.3. The molecule has 5 unspecified atom stereocenters. The van der Waals surface area contributed by atoms with Crippen molar-refractivity contribution >= 4 is 76.2 Å². The summed E-state index contributed by atoms with van der Waals surface area (Å²) in [5, 5.41) is 106. The number of aliphatic hydroxyl groups excluding tert-OH is 6. The van der Waals surface area contributed by atoms with Crippen molar-refractivity contribution in [1.29, 1.82) is 0 Å². The highest BCUT2D eigenvalue weighted by Gasteiger charge is 2.51. The van der Waals surface area contributed by atoms with Crippen LogP contribution in [0.1, 0.15) is 182 Å². The van der Waals surface area contributed by atoms with Crippen LogP contribution in [0.5, 0.6) is 46.0 Å². The first-order valence-corrected chi connectivity index (χ1v) is 38.7. The summed E-state index contributed by atoms with van der Waals surface area (Å²) in [6.07, 6.45) is -7.47. The minimum Gasteiger partial charge on any atom is -0.507 e. The van der Waals surface area contributed by atoms with Gasteiger partial charge in [-0.1, -0.05) is 94.3 Å². The van der Waals surface area contributed by atoms with Crippen molar-refractivity contribution in [2.75, 3.05) is 13.2 Å². The first-order valence-electron chi connectivity index (χ1n) is 37.9. The first kappa shape index (κ1) is 81.5. The van der Waals surface area contributed by atoms with Gasteiger partial charge in [-0.25, -0.2) is 4.79 Å². The molecule has 5 aromatic rings. The van der Waals surface area contributed by atoms with E-state index in [1.807, 2.05) is 0 Å². The van der Waals surface area contributed by atoms with Crippen molar-refractivity contribution in [3.63, 3.8) is 0 Å². The lowest BCUT2D eigenvalue weighted by molar-refractivity contribution is -0.277. The van der Waals surface area contributed by atoms with Crippen molar-refractivity contribution < 1.29 is 108 Å². The molecule has 5 aromatic carbocycles. The summed E-state index contributed by atoms with van der Waals surface area (Å²) in [5.74, 6) is -15.1. The number of phenolic OH excluding ortho intramolecular Hbond substituents is 2. The van der Waals surface area contributed by atoms with Gasteiger partial charge in [0.2, 0.25) is 41.6 Å². The van der Waals surface area contributed by atoms with Crippen LogP contribution in [-0.4, -0.2) is 156 Å². The number of ketones is 3. The summed E-state index contributed by atoms with van der Waals surface area (Å²) in [4.78, 5) is 135. The molecule has 1 saturated heterocycles. The monoisotopic (exact) mass is 1580 g/mol. The normalized spacial score (nSPS) is 28.7. The Hall–Kier alpha value is -9.01. The van der Waals surface area contributed by atoms with E-state index in [0.29, 0.717) is 18.3 Å². The minimum absolute atomic E-state index is 0.0880. The topological polar surface area (TPSA) is 474 Å². The number of Topliss-reactive ketones (excluding diaryl/α,β-unsaturated/α-hetero) is 3. The third-order valence-corrected chi connectivity index (χ3v) is 23.2. The van der Waals surface area contributed by atoms with Crippen LogP contribution in [0.25, 0.3) is 11.1 Å². The van der Waals surface area contributed by atoms with Gasteiger partial charge in [0.1, 0.15) is 89.5 Å². The zero-order chi connectivity index (χ0) is 79.5. The zero-order valence-electron chi connectivity index (χ0n) is 61.5. The fourth-order valence-electron chi connectivity index (χ4n) is 17.1. The Balaban J connectivity index is 1.04. The van der Waals surface area contributed by atoms with Gasteiger partial charge in [-0.3, -0.25) is 38.4 Å². The number of unbranched alkanes of at least 4 members (excludes halogenated alkanes) is 5. The second-order valence-corrected chi connectivity index (χ2v) is 31.8. The number of ether oxygens (including phenoxy) is 5. The molecule has 31 heteroatoms. The molecule has 15 bridgehead atoms. The number of carbonyl (C=O) groups excluding carboxylic acids is 9. The van der Waals surface area contributed by atoms with Crippen molar-refractivity contribution in [2.24, 2.45) is 52.9 Å². The molecule has 15 rings (SSSR count). The summed E-state index contributed by atoms with van der Waals surface area (Å²) >= 11 is 14.2. The molecule has 5 fully saturated rings. The number of benzene rings is 5. The van der Waals surface area contributed by atoms with Crippen LogP contribution in [0.4, 0.5) is 4.79 Å². The number of aromatic hydroxyl groups is 2. The highest BCUT2D eigenvalue weighted by molar-refractivity contribution is 6.32. The Bertz CT molecular complexity index is 4360. The van der Waals surface area contributed by atoms with E-state index in [4.69, 9.17) is 58.4 Å². The van der Waals surface area contributed by atoms with Crippen molar-refractivity contribution in [1.82, 2.24) is 26.6 Å². The molecule has 17 N–H and O–H groups in total. The predicted octanol–water partition coefficient (Wildman–Crippen LogP) is 7.27. The van der Waals surface area contributed by atoms with Crippen LogP contribution >= 0.6 is 23.2 Å². The molecule has 4 aliphatic carbocycles. The third kappa shape index (κ3) is 18.2. The van der Waals surface area contributed by atoms with Crippen molar-refractivity contribution in [3.8, 4) is 57.1 Å². The minimum atomic E-state index is -2.16. The van der Waals surface area contributed by atoms with Gasteiger partial charge in [-0.2, -0.15) is 0 Å². The second kappa shape index (κ2) is 34.9. The van der Waals surface area contributed by atoms with E-state index in [-0.39, 0.29) is 109 Å². The number of halogens is 2. The van der Waals surface area contributed by atoms with Crippen LogP contribution in [0.15, 0.2) is 78.9 Å². The molecule has 4 saturated carbocycles. The predicted molar refractivity (Wildman–Crippen MR) is 399 cm³/mol. The highest BCUT2D eigenvalue weighted by atomic mass is 35.5. The number of aliphatic hydroxyl groups is 6. The fraction of sp³-hybridized carbons (Fsp3) is 0.512. The summed E-state index contributed by atoms with van der Waals surface area (Å²) in [6, 6.07) is 6.15. The Morgan fingerprint density at radius 1 is 0.658 bits per heavy atom. The maximum atomic E-state index is 16.3. The summed E-state index contributed by atoms with van der Waals surface area (Å²) in [5.41, 5.74) is 10.6. The molecule has 6 heterocycles. The number of nitrogens with one attached hydrogen (secondary N) is 5. The smallest absolute Gasteiger partial charge is 0.412 e. The van der Waals surface area contributed by atoms with Crippen LogP contribution in [0.3, 0.4) is 0 Å². The van der Waals surface area contributed by atoms with E-state index in [1.54, 1.807) is 13.8 Å².